The lowest BCUT2D eigenvalue weighted by atomic mass is 10.2. The third kappa shape index (κ3) is 3.75. The molecule has 122 valence electrons. The van der Waals surface area contributed by atoms with Crippen LogP contribution in [0.1, 0.15) is 18.9 Å². The van der Waals surface area contributed by atoms with E-state index in [0.717, 1.165) is 17.7 Å². The van der Waals surface area contributed by atoms with Gasteiger partial charge in [0, 0.05) is 6.20 Å². The number of ether oxygens (including phenoxy) is 1. The molecule has 3 rings (SSSR count). The van der Waals surface area contributed by atoms with Crippen molar-refractivity contribution in [3.8, 4) is 17.3 Å². The Morgan fingerprint density at radius 2 is 2.08 bits per heavy atom. The van der Waals surface area contributed by atoms with E-state index in [2.05, 4.69) is 27.2 Å². The quantitative estimate of drug-likeness (QED) is 0.549. The number of hydrogen-bond donors (Lipinski definition) is 1. The van der Waals surface area contributed by atoms with Crippen molar-refractivity contribution in [2.75, 3.05) is 6.61 Å². The van der Waals surface area contributed by atoms with E-state index in [1.807, 2.05) is 42.5 Å². The topological polar surface area (TPSA) is 68.1 Å². The number of H-pyrrole nitrogens is 1. The number of rotatable bonds is 6. The minimum absolute atomic E-state index is 0.412. The van der Waals surface area contributed by atoms with Crippen LogP contribution in [-0.2, 0) is 0 Å². The second kappa shape index (κ2) is 7.65. The van der Waals surface area contributed by atoms with Crippen molar-refractivity contribution < 1.29 is 4.74 Å². The number of pyridine rings is 1. The normalized spacial score (nSPS) is 11.0. The van der Waals surface area contributed by atoms with E-state index in [0.29, 0.717) is 22.9 Å². The fourth-order valence-electron chi connectivity index (χ4n) is 2.05. The Labute approximate surface area is 144 Å². The molecule has 2 heterocycles. The molecule has 1 aromatic carbocycles. The molecule has 0 aliphatic heterocycles. The zero-order chi connectivity index (χ0) is 16.8. The predicted molar refractivity (Wildman–Crippen MR) is 95.9 cm³/mol. The summed E-state index contributed by atoms with van der Waals surface area (Å²) in [6, 6.07) is 13.3. The monoisotopic (exact) mass is 339 g/mol. The molecule has 2 aromatic heterocycles. The highest BCUT2D eigenvalue weighted by molar-refractivity contribution is 7.71. The molecule has 0 aliphatic carbocycles. The number of aromatic amines is 1. The maximum absolute atomic E-state index is 5.57. The number of nitrogens with zero attached hydrogens (tertiary/aromatic N) is 4. The van der Waals surface area contributed by atoms with Gasteiger partial charge in [-0.3, -0.25) is 4.98 Å². The van der Waals surface area contributed by atoms with Crippen LogP contribution in [-0.4, -0.2) is 32.7 Å². The molecule has 0 saturated heterocycles. The Balaban J connectivity index is 1.82. The average Bonchev–Trinajstić information content (AvgIpc) is 3.00. The summed E-state index contributed by atoms with van der Waals surface area (Å²) >= 11 is 5.24. The van der Waals surface area contributed by atoms with E-state index in [1.165, 1.54) is 0 Å². The molecule has 0 fully saturated rings. The maximum Gasteiger partial charge on any atom is 0.216 e. The average molecular weight is 339 g/mol. The maximum atomic E-state index is 5.57. The summed E-state index contributed by atoms with van der Waals surface area (Å²) in [5, 5.41) is 11.4. The molecule has 0 saturated carbocycles. The molecular weight excluding hydrogens is 322 g/mol. The lowest BCUT2D eigenvalue weighted by Crippen LogP contribution is -1.97. The number of hydrogen-bond acceptors (Lipinski definition) is 5. The first-order valence-electron chi connectivity index (χ1n) is 7.64. The highest BCUT2D eigenvalue weighted by Gasteiger charge is 2.08. The zero-order valence-electron chi connectivity index (χ0n) is 13.2. The van der Waals surface area contributed by atoms with Crippen LogP contribution in [0.25, 0.3) is 11.5 Å². The minimum Gasteiger partial charge on any atom is -0.494 e. The van der Waals surface area contributed by atoms with Crippen LogP contribution in [0, 0.1) is 4.77 Å². The van der Waals surface area contributed by atoms with Crippen molar-refractivity contribution in [1.29, 1.82) is 0 Å². The first kappa shape index (κ1) is 16.1. The summed E-state index contributed by atoms with van der Waals surface area (Å²) in [5.41, 5.74) is 1.64. The third-order valence-corrected chi connectivity index (χ3v) is 3.48. The molecule has 0 atom stereocenters. The Morgan fingerprint density at radius 3 is 2.79 bits per heavy atom. The summed E-state index contributed by atoms with van der Waals surface area (Å²) in [5.74, 6) is 1.42. The standard InChI is InChI=1S/C17H17N5OS/c1-2-11-23-14-8-6-13(7-9-14)12-19-22-16(20-21-17(22)24)15-5-3-4-10-18-15/h3-10,12H,2,11H2,1H3,(H,21,24)/b19-12-. The molecule has 0 bridgehead atoms. The molecule has 6 nitrogen and oxygen atoms in total. The van der Waals surface area contributed by atoms with Gasteiger partial charge in [-0.2, -0.15) is 14.9 Å². The Hall–Kier alpha value is -2.80. The smallest absolute Gasteiger partial charge is 0.216 e. The lowest BCUT2D eigenvalue weighted by Gasteiger charge is -2.04. The van der Waals surface area contributed by atoms with Crippen molar-refractivity contribution in [2.24, 2.45) is 5.10 Å². The fourth-order valence-corrected chi connectivity index (χ4v) is 2.23. The van der Waals surface area contributed by atoms with Gasteiger partial charge in [0.15, 0.2) is 0 Å². The number of nitrogens with one attached hydrogen (secondary N) is 1. The van der Waals surface area contributed by atoms with Crippen molar-refractivity contribution >= 4 is 18.4 Å². The molecule has 0 aliphatic rings. The van der Waals surface area contributed by atoms with Gasteiger partial charge in [-0.05, 0) is 60.6 Å². The van der Waals surface area contributed by atoms with Crippen LogP contribution in [0.5, 0.6) is 5.75 Å². The van der Waals surface area contributed by atoms with Gasteiger partial charge >= 0.3 is 0 Å². The van der Waals surface area contributed by atoms with E-state index in [1.54, 1.807) is 17.1 Å². The van der Waals surface area contributed by atoms with Crippen LogP contribution < -0.4 is 4.74 Å². The summed E-state index contributed by atoms with van der Waals surface area (Å²) in [7, 11) is 0. The van der Waals surface area contributed by atoms with Gasteiger partial charge in [0.25, 0.3) is 0 Å². The van der Waals surface area contributed by atoms with Crippen molar-refractivity contribution in [3.05, 3.63) is 59.0 Å². The highest BCUT2D eigenvalue weighted by Crippen LogP contribution is 2.14. The van der Waals surface area contributed by atoms with E-state index < -0.39 is 0 Å². The molecule has 1 N–H and O–H groups in total. The lowest BCUT2D eigenvalue weighted by molar-refractivity contribution is 0.317. The van der Waals surface area contributed by atoms with Crippen LogP contribution in [0.2, 0.25) is 0 Å². The Kier molecular flexibility index (Phi) is 5.12. The number of benzene rings is 1. The molecule has 7 heteroatoms. The largest absolute Gasteiger partial charge is 0.494 e. The van der Waals surface area contributed by atoms with Crippen molar-refractivity contribution in [1.82, 2.24) is 19.9 Å². The van der Waals surface area contributed by atoms with Crippen LogP contribution in [0.3, 0.4) is 0 Å². The molecule has 3 aromatic rings. The minimum atomic E-state index is 0.412. The second-order valence-corrected chi connectivity index (χ2v) is 5.43. The molecule has 0 amide bonds. The van der Waals surface area contributed by atoms with E-state index in [-0.39, 0.29) is 0 Å². The summed E-state index contributed by atoms with van der Waals surface area (Å²) in [6.07, 6.45) is 4.41. The van der Waals surface area contributed by atoms with Crippen molar-refractivity contribution in [3.63, 3.8) is 0 Å². The fraction of sp³-hybridized carbons (Fsp3) is 0.176. The highest BCUT2D eigenvalue weighted by atomic mass is 32.1. The van der Waals surface area contributed by atoms with E-state index in [9.17, 15) is 0 Å². The molecular formula is C17H17N5OS. The van der Waals surface area contributed by atoms with Gasteiger partial charge in [0.05, 0.1) is 12.8 Å². The van der Waals surface area contributed by atoms with E-state index >= 15 is 0 Å². The zero-order valence-corrected chi connectivity index (χ0v) is 14.0. The molecule has 0 spiro atoms. The Bertz CT molecular complexity index is 868. The van der Waals surface area contributed by atoms with Crippen molar-refractivity contribution in [2.45, 2.75) is 13.3 Å². The van der Waals surface area contributed by atoms with E-state index in [4.69, 9.17) is 17.0 Å². The third-order valence-electron chi connectivity index (χ3n) is 3.22. The van der Waals surface area contributed by atoms with Gasteiger partial charge in [0.1, 0.15) is 11.4 Å². The van der Waals surface area contributed by atoms with Gasteiger partial charge in [-0.25, -0.2) is 5.10 Å². The molecule has 0 radical (unpaired) electrons. The summed E-state index contributed by atoms with van der Waals surface area (Å²) < 4.78 is 7.53. The van der Waals surface area contributed by atoms with Gasteiger partial charge in [-0.15, -0.1) is 0 Å². The van der Waals surface area contributed by atoms with Gasteiger partial charge < -0.3 is 4.74 Å². The molecule has 0 unspecified atom stereocenters. The van der Waals surface area contributed by atoms with Crippen LogP contribution >= 0.6 is 12.2 Å². The van der Waals surface area contributed by atoms with Crippen LogP contribution in [0.15, 0.2) is 53.8 Å². The Morgan fingerprint density at radius 1 is 1.25 bits per heavy atom. The summed E-state index contributed by atoms with van der Waals surface area (Å²) in [4.78, 5) is 4.28. The predicted octanol–water partition coefficient (Wildman–Crippen LogP) is 3.67. The van der Waals surface area contributed by atoms with Gasteiger partial charge in [0.2, 0.25) is 10.6 Å². The molecule has 24 heavy (non-hydrogen) atoms. The first-order valence-corrected chi connectivity index (χ1v) is 8.05. The van der Waals surface area contributed by atoms with Gasteiger partial charge in [-0.1, -0.05) is 13.0 Å². The summed E-state index contributed by atoms with van der Waals surface area (Å²) in [6.45, 7) is 2.79. The van der Waals surface area contributed by atoms with Crippen LogP contribution in [0.4, 0.5) is 0 Å². The SMILES string of the molecule is CCCOc1ccc(/C=N\n2c(-c3ccccn3)n[nH]c2=S)cc1. The number of aromatic nitrogens is 4. The second-order valence-electron chi connectivity index (χ2n) is 5.04. The first-order chi connectivity index (χ1) is 11.8.